The van der Waals surface area contributed by atoms with Crippen LogP contribution in [0, 0.1) is 11.3 Å². The summed E-state index contributed by atoms with van der Waals surface area (Å²) >= 11 is 0. The number of hydrogen-bond acceptors (Lipinski definition) is 5. The van der Waals surface area contributed by atoms with Crippen LogP contribution in [0.1, 0.15) is 25.3 Å². The number of pyridine rings is 1. The molecule has 0 bridgehead atoms. The van der Waals surface area contributed by atoms with Crippen molar-refractivity contribution < 1.29 is 14.7 Å². The van der Waals surface area contributed by atoms with Gasteiger partial charge < -0.3 is 21.0 Å². The summed E-state index contributed by atoms with van der Waals surface area (Å²) in [4.78, 5) is 16.4. The number of methoxy groups -OCH3 is 1. The van der Waals surface area contributed by atoms with Gasteiger partial charge in [-0.3, -0.25) is 4.79 Å². The van der Waals surface area contributed by atoms with Crippen LogP contribution >= 0.6 is 0 Å². The lowest BCUT2D eigenvalue weighted by Gasteiger charge is -2.43. The number of ether oxygens (including phenoxy) is 1. The number of amidine groups is 1. The molecule has 0 radical (unpaired) electrons. The van der Waals surface area contributed by atoms with E-state index < -0.39 is 5.41 Å². The third-order valence-corrected chi connectivity index (χ3v) is 3.89. The summed E-state index contributed by atoms with van der Waals surface area (Å²) in [6.07, 6.45) is 2.82. The average molecular weight is 292 g/mol. The fourth-order valence-electron chi connectivity index (χ4n) is 2.72. The van der Waals surface area contributed by atoms with E-state index in [1.54, 1.807) is 19.4 Å². The van der Waals surface area contributed by atoms with Crippen LogP contribution in [0.15, 0.2) is 23.5 Å². The largest absolute Gasteiger partial charge is 0.481 e. The van der Waals surface area contributed by atoms with Gasteiger partial charge in [-0.1, -0.05) is 18.1 Å². The number of rotatable bonds is 5. The highest BCUT2D eigenvalue weighted by Gasteiger charge is 2.52. The van der Waals surface area contributed by atoms with E-state index in [4.69, 9.17) is 15.7 Å². The van der Waals surface area contributed by atoms with E-state index in [-0.39, 0.29) is 11.7 Å². The number of amides is 1. The fourth-order valence-corrected chi connectivity index (χ4v) is 2.72. The molecule has 4 N–H and O–H groups in total. The molecule has 0 unspecified atom stereocenters. The van der Waals surface area contributed by atoms with Crippen molar-refractivity contribution in [1.29, 1.82) is 0 Å². The van der Waals surface area contributed by atoms with Crippen LogP contribution in [0.4, 0.5) is 0 Å². The second-order valence-electron chi connectivity index (χ2n) is 5.47. The first-order valence-corrected chi connectivity index (χ1v) is 6.77. The normalized spacial score (nSPS) is 25.0. The van der Waals surface area contributed by atoms with Crippen LogP contribution in [0.25, 0.3) is 0 Å². The second-order valence-corrected chi connectivity index (χ2v) is 5.47. The molecule has 7 nitrogen and oxygen atoms in total. The van der Waals surface area contributed by atoms with E-state index in [2.05, 4.69) is 15.5 Å². The number of nitrogens with zero attached hydrogens (tertiary/aromatic N) is 2. The molecule has 1 aliphatic carbocycles. The third kappa shape index (κ3) is 2.91. The van der Waals surface area contributed by atoms with Crippen LogP contribution in [-0.2, 0) is 11.3 Å². The highest BCUT2D eigenvalue weighted by atomic mass is 16.5. The predicted octanol–water partition coefficient (Wildman–Crippen LogP) is 0.869. The van der Waals surface area contributed by atoms with Gasteiger partial charge in [-0.2, -0.15) is 0 Å². The minimum Gasteiger partial charge on any atom is -0.481 e. The smallest absolute Gasteiger partial charge is 0.234 e. The number of carbonyl (C=O) groups is 1. The Balaban J connectivity index is 1.99. The summed E-state index contributed by atoms with van der Waals surface area (Å²) in [5.74, 6) is 0.669. The minimum atomic E-state index is -0.881. The van der Waals surface area contributed by atoms with Crippen LogP contribution < -0.4 is 15.8 Å². The van der Waals surface area contributed by atoms with Crippen LogP contribution in [0.2, 0.25) is 0 Å². The Morgan fingerprint density at radius 2 is 2.33 bits per heavy atom. The summed E-state index contributed by atoms with van der Waals surface area (Å²) in [5.41, 5.74) is 5.67. The Morgan fingerprint density at radius 1 is 1.62 bits per heavy atom. The van der Waals surface area contributed by atoms with E-state index in [0.717, 1.165) is 5.56 Å². The predicted molar refractivity (Wildman–Crippen MR) is 76.9 cm³/mol. The summed E-state index contributed by atoms with van der Waals surface area (Å²) in [7, 11) is 1.54. The Kier molecular flexibility index (Phi) is 4.30. The molecule has 0 aromatic carbocycles. The van der Waals surface area contributed by atoms with Crippen LogP contribution in [0.3, 0.4) is 0 Å². The van der Waals surface area contributed by atoms with Crippen molar-refractivity contribution >= 4 is 11.7 Å². The maximum atomic E-state index is 12.4. The molecule has 114 valence electrons. The standard InChI is InChI=1S/C14H20N4O3/c1-9-5-14(6-9,12(15)18-20)13(19)17-8-10-3-4-11(21-2)16-7-10/h3-4,7,9,20H,5-6,8H2,1-2H3,(H2,15,18)(H,17,19). The monoisotopic (exact) mass is 292 g/mol. The van der Waals surface area contributed by atoms with Crippen molar-refractivity contribution in [2.75, 3.05) is 7.11 Å². The van der Waals surface area contributed by atoms with Gasteiger partial charge in [-0.05, 0) is 24.3 Å². The van der Waals surface area contributed by atoms with Gasteiger partial charge in [0, 0.05) is 18.8 Å². The summed E-state index contributed by atoms with van der Waals surface area (Å²) in [5, 5.41) is 14.7. The topological polar surface area (TPSA) is 110 Å². The van der Waals surface area contributed by atoms with Crippen molar-refractivity contribution in [3.8, 4) is 5.88 Å². The van der Waals surface area contributed by atoms with Gasteiger partial charge in [-0.25, -0.2) is 4.98 Å². The maximum absolute atomic E-state index is 12.4. The molecule has 1 aliphatic rings. The van der Waals surface area contributed by atoms with Gasteiger partial charge in [0.2, 0.25) is 11.8 Å². The van der Waals surface area contributed by atoms with E-state index in [1.165, 1.54) is 0 Å². The highest BCUT2D eigenvalue weighted by molar-refractivity contribution is 6.07. The molecule has 1 amide bonds. The van der Waals surface area contributed by atoms with Crippen molar-refractivity contribution in [3.63, 3.8) is 0 Å². The zero-order chi connectivity index (χ0) is 15.5. The summed E-state index contributed by atoms with van der Waals surface area (Å²) in [6, 6.07) is 3.55. The first-order valence-electron chi connectivity index (χ1n) is 6.77. The van der Waals surface area contributed by atoms with Crippen molar-refractivity contribution in [3.05, 3.63) is 23.9 Å². The molecule has 0 atom stereocenters. The summed E-state index contributed by atoms with van der Waals surface area (Å²) in [6.45, 7) is 2.37. The highest BCUT2D eigenvalue weighted by Crippen LogP contribution is 2.45. The first kappa shape index (κ1) is 15.1. The van der Waals surface area contributed by atoms with Crippen molar-refractivity contribution in [2.24, 2.45) is 22.2 Å². The Labute approximate surface area is 123 Å². The molecular weight excluding hydrogens is 272 g/mol. The molecule has 1 saturated carbocycles. The lowest BCUT2D eigenvalue weighted by molar-refractivity contribution is -0.133. The quantitative estimate of drug-likeness (QED) is 0.323. The van der Waals surface area contributed by atoms with Gasteiger partial charge in [0.25, 0.3) is 0 Å². The molecule has 1 aromatic rings. The number of nitrogens with two attached hydrogens (primary N) is 1. The van der Waals surface area contributed by atoms with Gasteiger partial charge >= 0.3 is 0 Å². The number of oxime groups is 1. The molecule has 7 heteroatoms. The third-order valence-electron chi connectivity index (χ3n) is 3.89. The van der Waals surface area contributed by atoms with E-state index >= 15 is 0 Å². The minimum absolute atomic E-state index is 0.0223. The number of aromatic nitrogens is 1. The van der Waals surface area contributed by atoms with Crippen LogP contribution in [0.5, 0.6) is 5.88 Å². The number of hydrogen-bond donors (Lipinski definition) is 3. The molecule has 2 rings (SSSR count). The average Bonchev–Trinajstić information content (AvgIpc) is 2.48. The van der Waals surface area contributed by atoms with E-state index in [9.17, 15) is 4.79 Å². The number of carbonyl (C=O) groups excluding carboxylic acids is 1. The maximum Gasteiger partial charge on any atom is 0.234 e. The van der Waals surface area contributed by atoms with Gasteiger partial charge in [-0.15, -0.1) is 0 Å². The fraction of sp³-hybridized carbons (Fsp3) is 0.500. The molecule has 21 heavy (non-hydrogen) atoms. The van der Waals surface area contributed by atoms with Crippen molar-refractivity contribution in [1.82, 2.24) is 10.3 Å². The molecule has 0 aliphatic heterocycles. The van der Waals surface area contributed by atoms with Gasteiger partial charge in [0.15, 0.2) is 5.84 Å². The molecule has 1 fully saturated rings. The molecule has 0 saturated heterocycles. The Morgan fingerprint density at radius 3 is 2.81 bits per heavy atom. The molecule has 1 heterocycles. The van der Waals surface area contributed by atoms with Crippen molar-refractivity contribution in [2.45, 2.75) is 26.3 Å². The lowest BCUT2D eigenvalue weighted by Crippen LogP contribution is -2.56. The number of nitrogens with one attached hydrogen (secondary N) is 1. The summed E-state index contributed by atoms with van der Waals surface area (Å²) < 4.78 is 4.97. The van der Waals surface area contributed by atoms with Gasteiger partial charge in [0.1, 0.15) is 5.41 Å². The zero-order valence-corrected chi connectivity index (χ0v) is 12.2. The van der Waals surface area contributed by atoms with Crippen LogP contribution in [-0.4, -0.2) is 29.0 Å². The SMILES string of the molecule is COc1ccc(CNC(=O)C2(/C(N)=N/O)CC(C)C2)cn1. The Hall–Kier alpha value is -2.31. The first-order chi connectivity index (χ1) is 10.0. The Bertz CT molecular complexity index is 536. The molecular formula is C14H20N4O3. The zero-order valence-electron chi connectivity index (χ0n) is 12.2. The van der Waals surface area contributed by atoms with E-state index in [1.807, 2.05) is 13.0 Å². The van der Waals surface area contributed by atoms with Gasteiger partial charge in [0.05, 0.1) is 7.11 Å². The molecule has 0 spiro atoms. The molecule has 1 aromatic heterocycles. The van der Waals surface area contributed by atoms with E-state index in [0.29, 0.717) is 31.2 Å². The lowest BCUT2D eigenvalue weighted by atomic mass is 9.61. The second kappa shape index (κ2) is 5.99.